The van der Waals surface area contributed by atoms with E-state index in [1.165, 1.54) is 0 Å². The summed E-state index contributed by atoms with van der Waals surface area (Å²) < 4.78 is 23.3. The lowest BCUT2D eigenvalue weighted by Gasteiger charge is -2.15. The van der Waals surface area contributed by atoms with E-state index in [4.69, 9.17) is 0 Å². The molecule has 1 aliphatic carbocycles. The second-order valence-electron chi connectivity index (χ2n) is 4.61. The van der Waals surface area contributed by atoms with E-state index in [1.807, 2.05) is 11.9 Å². The molecule has 1 saturated carbocycles. The van der Waals surface area contributed by atoms with Crippen LogP contribution < -0.4 is 5.32 Å². The molecular weight excluding hydrogens is 226 g/mol. The number of sulfone groups is 1. The first-order valence-electron chi connectivity index (χ1n) is 5.77. The van der Waals surface area contributed by atoms with Crippen molar-refractivity contribution in [1.29, 1.82) is 0 Å². The average molecular weight is 245 g/mol. The van der Waals surface area contributed by atoms with Crippen LogP contribution in [0.4, 0.5) is 0 Å². The first-order valence-corrected chi connectivity index (χ1v) is 7.59. The Kier molecular flexibility index (Phi) is 3.37. The van der Waals surface area contributed by atoms with E-state index >= 15 is 0 Å². The Labute approximate surface area is 96.8 Å². The summed E-state index contributed by atoms with van der Waals surface area (Å²) in [6, 6.07) is 0. The Morgan fingerprint density at radius 3 is 2.81 bits per heavy atom. The van der Waals surface area contributed by atoms with Gasteiger partial charge in [-0.2, -0.15) is 0 Å². The van der Waals surface area contributed by atoms with Gasteiger partial charge in [-0.3, -0.25) is 4.99 Å². The maximum atomic E-state index is 11.6. The van der Waals surface area contributed by atoms with Crippen molar-refractivity contribution in [2.24, 2.45) is 10.9 Å². The van der Waals surface area contributed by atoms with E-state index in [-0.39, 0.29) is 5.75 Å². The Morgan fingerprint density at radius 2 is 2.25 bits per heavy atom. The van der Waals surface area contributed by atoms with Gasteiger partial charge in [-0.25, -0.2) is 8.42 Å². The van der Waals surface area contributed by atoms with Gasteiger partial charge in [0.15, 0.2) is 15.8 Å². The average Bonchev–Trinajstić information content (AvgIpc) is 2.89. The van der Waals surface area contributed by atoms with Crippen molar-refractivity contribution in [3.63, 3.8) is 0 Å². The number of likely N-dealkylation sites (N-methyl/N-ethyl adjacent to an activating group) is 1. The van der Waals surface area contributed by atoms with Crippen molar-refractivity contribution in [2.75, 3.05) is 38.2 Å². The third kappa shape index (κ3) is 3.37. The normalized spacial score (nSPS) is 21.1. The highest BCUT2D eigenvalue weighted by Crippen LogP contribution is 2.30. The van der Waals surface area contributed by atoms with E-state index in [0.29, 0.717) is 18.2 Å². The van der Waals surface area contributed by atoms with E-state index in [9.17, 15) is 8.42 Å². The summed E-state index contributed by atoms with van der Waals surface area (Å²) in [7, 11) is -0.908. The molecule has 0 radical (unpaired) electrons. The largest absolute Gasteiger partial charge is 0.355 e. The van der Waals surface area contributed by atoms with Gasteiger partial charge in [0, 0.05) is 20.1 Å². The van der Waals surface area contributed by atoms with Crippen LogP contribution in [0.5, 0.6) is 0 Å². The van der Waals surface area contributed by atoms with Crippen molar-refractivity contribution < 1.29 is 8.42 Å². The molecule has 0 aromatic rings. The van der Waals surface area contributed by atoms with Gasteiger partial charge < -0.3 is 10.2 Å². The van der Waals surface area contributed by atoms with Gasteiger partial charge in [-0.05, 0) is 18.8 Å². The van der Waals surface area contributed by atoms with E-state index in [1.54, 1.807) is 0 Å². The molecule has 92 valence electrons. The molecule has 1 fully saturated rings. The van der Waals surface area contributed by atoms with Gasteiger partial charge in [0.05, 0.1) is 18.1 Å². The molecule has 1 N–H and O–H groups in total. The van der Waals surface area contributed by atoms with Crippen molar-refractivity contribution in [2.45, 2.75) is 12.8 Å². The van der Waals surface area contributed by atoms with Crippen molar-refractivity contribution in [3.8, 4) is 0 Å². The van der Waals surface area contributed by atoms with Crippen molar-refractivity contribution in [1.82, 2.24) is 10.2 Å². The number of rotatable bonds is 5. The van der Waals surface area contributed by atoms with Gasteiger partial charge in [0.25, 0.3) is 0 Å². The molecule has 5 nitrogen and oxygen atoms in total. The van der Waals surface area contributed by atoms with Crippen LogP contribution in [-0.4, -0.2) is 57.5 Å². The number of nitrogens with one attached hydrogen (secondary N) is 1. The Morgan fingerprint density at radius 1 is 1.50 bits per heavy atom. The molecule has 0 bridgehead atoms. The molecule has 16 heavy (non-hydrogen) atoms. The Balaban J connectivity index is 1.70. The molecule has 1 heterocycles. The minimum Gasteiger partial charge on any atom is -0.355 e. The molecule has 0 saturated heterocycles. The number of nitrogens with zero attached hydrogens (tertiary/aromatic N) is 2. The van der Waals surface area contributed by atoms with Gasteiger partial charge in [-0.1, -0.05) is 0 Å². The Hall–Kier alpha value is -0.780. The van der Waals surface area contributed by atoms with Crippen LogP contribution in [0.25, 0.3) is 0 Å². The third-order valence-electron chi connectivity index (χ3n) is 2.94. The van der Waals surface area contributed by atoms with Crippen LogP contribution in [0.3, 0.4) is 0 Å². The van der Waals surface area contributed by atoms with Crippen LogP contribution in [0.1, 0.15) is 12.8 Å². The molecule has 0 amide bonds. The maximum absolute atomic E-state index is 11.6. The molecule has 0 spiro atoms. The molecule has 0 aromatic heterocycles. The van der Waals surface area contributed by atoms with Crippen LogP contribution >= 0.6 is 0 Å². The zero-order chi connectivity index (χ0) is 11.6. The second-order valence-corrected chi connectivity index (χ2v) is 6.84. The lowest BCUT2D eigenvalue weighted by Crippen LogP contribution is -2.38. The summed E-state index contributed by atoms with van der Waals surface area (Å²) in [4.78, 5) is 6.25. The molecule has 2 aliphatic rings. The predicted octanol–water partition coefficient (Wildman–Crippen LogP) is -0.298. The predicted molar refractivity (Wildman–Crippen MR) is 64.3 cm³/mol. The first kappa shape index (κ1) is 11.7. The summed E-state index contributed by atoms with van der Waals surface area (Å²) in [5, 5.41) is 3.08. The monoisotopic (exact) mass is 245 g/mol. The lowest BCUT2D eigenvalue weighted by molar-refractivity contribution is 0.535. The van der Waals surface area contributed by atoms with Crippen LogP contribution in [0, 0.1) is 5.92 Å². The van der Waals surface area contributed by atoms with E-state index in [2.05, 4.69) is 10.3 Å². The number of hydrogen-bond donors (Lipinski definition) is 1. The van der Waals surface area contributed by atoms with Crippen LogP contribution in [0.2, 0.25) is 0 Å². The first-order chi connectivity index (χ1) is 7.57. The summed E-state index contributed by atoms with van der Waals surface area (Å²) in [6.07, 6.45) is 2.17. The highest BCUT2D eigenvalue weighted by atomic mass is 32.2. The number of hydrogen-bond acceptors (Lipinski definition) is 5. The fourth-order valence-corrected chi connectivity index (χ4v) is 3.40. The smallest absolute Gasteiger partial charge is 0.193 e. The van der Waals surface area contributed by atoms with E-state index < -0.39 is 9.84 Å². The SMILES string of the molecule is CN1CCN=C1NCCS(=O)(=O)CC1CC1. The summed E-state index contributed by atoms with van der Waals surface area (Å²) in [5.41, 5.74) is 0. The summed E-state index contributed by atoms with van der Waals surface area (Å²) in [5.74, 6) is 1.85. The minimum atomic E-state index is -2.86. The van der Waals surface area contributed by atoms with Crippen molar-refractivity contribution in [3.05, 3.63) is 0 Å². The molecule has 0 unspecified atom stereocenters. The summed E-state index contributed by atoms with van der Waals surface area (Å²) in [6.45, 7) is 2.18. The molecular formula is C10H19N3O2S. The molecule has 6 heteroatoms. The number of aliphatic imine (C=N–C) groups is 1. The zero-order valence-corrected chi connectivity index (χ0v) is 10.5. The van der Waals surface area contributed by atoms with E-state index in [0.717, 1.165) is 31.9 Å². The Bertz CT molecular complexity index is 374. The lowest BCUT2D eigenvalue weighted by atomic mass is 10.5. The molecule has 1 aliphatic heterocycles. The summed E-state index contributed by atoms with van der Waals surface area (Å²) >= 11 is 0. The topological polar surface area (TPSA) is 61.8 Å². The van der Waals surface area contributed by atoms with Gasteiger partial charge >= 0.3 is 0 Å². The highest BCUT2D eigenvalue weighted by molar-refractivity contribution is 7.91. The van der Waals surface area contributed by atoms with Gasteiger partial charge in [0.2, 0.25) is 0 Å². The van der Waals surface area contributed by atoms with Crippen molar-refractivity contribution >= 4 is 15.8 Å². The third-order valence-corrected chi connectivity index (χ3v) is 4.75. The van der Waals surface area contributed by atoms with Gasteiger partial charge in [-0.15, -0.1) is 0 Å². The maximum Gasteiger partial charge on any atom is 0.193 e. The van der Waals surface area contributed by atoms with Gasteiger partial charge in [0.1, 0.15) is 0 Å². The van der Waals surface area contributed by atoms with Crippen LogP contribution in [0.15, 0.2) is 4.99 Å². The number of guanidine groups is 1. The highest BCUT2D eigenvalue weighted by Gasteiger charge is 2.27. The quantitative estimate of drug-likeness (QED) is 0.722. The second kappa shape index (κ2) is 4.61. The fraction of sp³-hybridized carbons (Fsp3) is 0.900. The molecule has 2 rings (SSSR count). The fourth-order valence-electron chi connectivity index (χ4n) is 1.77. The molecule has 0 atom stereocenters. The minimum absolute atomic E-state index is 0.219. The molecule has 0 aromatic carbocycles. The van der Waals surface area contributed by atoms with Crippen LogP contribution in [-0.2, 0) is 9.84 Å². The standard InChI is InChI=1S/C10H19N3O2S/c1-13-6-4-11-10(13)12-5-7-16(14,15)8-9-2-3-9/h9H,2-8H2,1H3,(H,11,12). The zero-order valence-electron chi connectivity index (χ0n) is 9.65.